The van der Waals surface area contributed by atoms with Gasteiger partial charge in [0.15, 0.2) is 0 Å². The highest BCUT2D eigenvalue weighted by Crippen LogP contribution is 2.41. The van der Waals surface area contributed by atoms with E-state index < -0.39 is 0 Å². The fourth-order valence-corrected chi connectivity index (χ4v) is 2.88. The van der Waals surface area contributed by atoms with E-state index in [9.17, 15) is 0 Å². The van der Waals surface area contributed by atoms with E-state index in [0.29, 0.717) is 0 Å². The Kier molecular flexibility index (Phi) is 2.99. The Bertz CT molecular complexity index is 351. The number of likely N-dealkylation sites (N-methyl/N-ethyl adjacent to an activating group) is 1. The third-order valence-corrected chi connectivity index (χ3v) is 4.01. The summed E-state index contributed by atoms with van der Waals surface area (Å²) >= 11 is 0. The number of nitrogens with two attached hydrogens (primary N) is 1. The van der Waals surface area contributed by atoms with E-state index in [1.807, 2.05) is 7.05 Å². The molecule has 0 amide bonds. The second kappa shape index (κ2) is 4.14. The third-order valence-electron chi connectivity index (χ3n) is 4.01. The van der Waals surface area contributed by atoms with Crippen molar-refractivity contribution in [1.29, 1.82) is 0 Å². The molecule has 1 aliphatic rings. The molecule has 0 radical (unpaired) electrons. The van der Waals surface area contributed by atoms with Crippen molar-refractivity contribution in [2.45, 2.75) is 37.3 Å². The van der Waals surface area contributed by atoms with Gasteiger partial charge in [0.25, 0.3) is 0 Å². The van der Waals surface area contributed by atoms with Crippen molar-refractivity contribution in [2.24, 2.45) is 12.8 Å². The molecule has 1 aliphatic carbocycles. The number of aromatic nitrogens is 3. The Morgan fingerprint density at radius 3 is 2.50 bits per heavy atom. The average molecular weight is 223 g/mol. The molecule has 5 heteroatoms. The highest BCUT2D eigenvalue weighted by molar-refractivity contribution is 5.13. The Labute approximate surface area is 96.6 Å². The number of rotatable bonds is 3. The molecule has 1 atom stereocenters. The molecule has 0 aliphatic heterocycles. The van der Waals surface area contributed by atoms with Crippen molar-refractivity contribution in [3.63, 3.8) is 0 Å². The standard InChI is InChI=1S/C11H21N5/c1-15(2)11(6-4-5-7-11)10(12)9-8-13-14-16(9)3/h8,10H,4-7,12H2,1-3H3. The van der Waals surface area contributed by atoms with Crippen LogP contribution >= 0.6 is 0 Å². The minimum Gasteiger partial charge on any atom is -0.321 e. The zero-order chi connectivity index (χ0) is 11.8. The predicted octanol–water partition coefficient (Wildman–Crippen LogP) is 0.689. The van der Waals surface area contributed by atoms with E-state index in [-0.39, 0.29) is 11.6 Å². The molecule has 16 heavy (non-hydrogen) atoms. The normalized spacial score (nSPS) is 21.6. The van der Waals surface area contributed by atoms with Crippen LogP contribution in [0.5, 0.6) is 0 Å². The topological polar surface area (TPSA) is 60.0 Å². The molecule has 1 aromatic rings. The van der Waals surface area contributed by atoms with Crippen LogP contribution in [0, 0.1) is 0 Å². The predicted molar refractivity (Wildman–Crippen MR) is 62.8 cm³/mol. The Morgan fingerprint density at radius 2 is 2.06 bits per heavy atom. The van der Waals surface area contributed by atoms with Crippen LogP contribution in [0.15, 0.2) is 6.20 Å². The van der Waals surface area contributed by atoms with E-state index >= 15 is 0 Å². The van der Waals surface area contributed by atoms with Crippen molar-refractivity contribution in [2.75, 3.05) is 14.1 Å². The van der Waals surface area contributed by atoms with E-state index in [4.69, 9.17) is 5.73 Å². The van der Waals surface area contributed by atoms with E-state index in [1.54, 1.807) is 10.9 Å². The van der Waals surface area contributed by atoms with Gasteiger partial charge in [-0.15, -0.1) is 5.10 Å². The molecule has 5 nitrogen and oxygen atoms in total. The molecule has 2 N–H and O–H groups in total. The van der Waals surface area contributed by atoms with Crippen molar-refractivity contribution in [1.82, 2.24) is 19.9 Å². The molecule has 1 saturated carbocycles. The van der Waals surface area contributed by atoms with Gasteiger partial charge in [-0.2, -0.15) is 0 Å². The molecule has 1 fully saturated rings. The lowest BCUT2D eigenvalue weighted by molar-refractivity contribution is 0.120. The summed E-state index contributed by atoms with van der Waals surface area (Å²) in [5, 5.41) is 7.89. The fourth-order valence-electron chi connectivity index (χ4n) is 2.88. The van der Waals surface area contributed by atoms with Crippen LogP contribution in [0.2, 0.25) is 0 Å². The van der Waals surface area contributed by atoms with E-state index in [0.717, 1.165) is 18.5 Å². The summed E-state index contributed by atoms with van der Waals surface area (Å²) in [5.41, 5.74) is 7.54. The average Bonchev–Trinajstić information content (AvgIpc) is 2.85. The van der Waals surface area contributed by atoms with Gasteiger partial charge in [-0.1, -0.05) is 18.1 Å². The molecule has 0 aromatic carbocycles. The molecule has 0 bridgehead atoms. The van der Waals surface area contributed by atoms with Gasteiger partial charge in [-0.05, 0) is 26.9 Å². The van der Waals surface area contributed by atoms with Gasteiger partial charge in [0.1, 0.15) is 0 Å². The van der Waals surface area contributed by atoms with Gasteiger partial charge in [-0.25, -0.2) is 0 Å². The number of nitrogens with zero attached hydrogens (tertiary/aromatic N) is 4. The van der Waals surface area contributed by atoms with Gasteiger partial charge in [0, 0.05) is 12.6 Å². The van der Waals surface area contributed by atoms with Crippen LogP contribution in [0.3, 0.4) is 0 Å². The highest BCUT2D eigenvalue weighted by Gasteiger charge is 2.43. The number of hydrogen-bond donors (Lipinski definition) is 1. The molecule has 1 aromatic heterocycles. The molecular weight excluding hydrogens is 202 g/mol. The second-order valence-corrected chi connectivity index (χ2v) is 4.97. The first-order valence-corrected chi connectivity index (χ1v) is 5.85. The summed E-state index contributed by atoms with van der Waals surface area (Å²) in [6.07, 6.45) is 6.63. The maximum Gasteiger partial charge on any atom is 0.0770 e. The minimum atomic E-state index is -0.00926. The zero-order valence-electron chi connectivity index (χ0n) is 10.3. The Morgan fingerprint density at radius 1 is 1.44 bits per heavy atom. The van der Waals surface area contributed by atoms with E-state index in [2.05, 4.69) is 29.3 Å². The second-order valence-electron chi connectivity index (χ2n) is 4.97. The molecule has 0 spiro atoms. The smallest absolute Gasteiger partial charge is 0.0770 e. The number of aryl methyl sites for hydroxylation is 1. The van der Waals surface area contributed by atoms with Crippen LogP contribution in [-0.4, -0.2) is 39.5 Å². The van der Waals surface area contributed by atoms with Crippen molar-refractivity contribution in [3.8, 4) is 0 Å². The van der Waals surface area contributed by atoms with Crippen LogP contribution < -0.4 is 5.73 Å². The lowest BCUT2D eigenvalue weighted by Gasteiger charge is -2.41. The van der Waals surface area contributed by atoms with Crippen LogP contribution in [0.25, 0.3) is 0 Å². The highest BCUT2D eigenvalue weighted by atomic mass is 15.4. The maximum absolute atomic E-state index is 6.44. The van der Waals surface area contributed by atoms with Gasteiger partial charge in [-0.3, -0.25) is 4.68 Å². The monoisotopic (exact) mass is 223 g/mol. The first-order chi connectivity index (χ1) is 7.58. The molecular formula is C11H21N5. The lowest BCUT2D eigenvalue weighted by atomic mass is 9.85. The Hall–Kier alpha value is -0.940. The van der Waals surface area contributed by atoms with Crippen LogP contribution in [-0.2, 0) is 7.05 Å². The van der Waals surface area contributed by atoms with E-state index in [1.165, 1.54) is 12.8 Å². The fraction of sp³-hybridized carbons (Fsp3) is 0.818. The SMILES string of the molecule is CN(C)C1(C(N)c2cnnn2C)CCCC1. The first kappa shape index (κ1) is 11.5. The van der Waals surface area contributed by atoms with Crippen LogP contribution in [0.4, 0.5) is 0 Å². The lowest BCUT2D eigenvalue weighted by Crippen LogP contribution is -2.50. The van der Waals surface area contributed by atoms with Gasteiger partial charge in [0.2, 0.25) is 0 Å². The summed E-state index contributed by atoms with van der Waals surface area (Å²) < 4.78 is 1.79. The molecule has 0 saturated heterocycles. The van der Waals surface area contributed by atoms with Gasteiger partial charge in [0.05, 0.1) is 17.9 Å². The van der Waals surface area contributed by atoms with Gasteiger partial charge >= 0.3 is 0 Å². The summed E-state index contributed by atoms with van der Waals surface area (Å²) in [4.78, 5) is 2.28. The third kappa shape index (κ3) is 1.64. The first-order valence-electron chi connectivity index (χ1n) is 5.85. The maximum atomic E-state index is 6.44. The summed E-state index contributed by atoms with van der Waals surface area (Å²) in [6, 6.07) is -0.00926. The zero-order valence-corrected chi connectivity index (χ0v) is 10.3. The van der Waals surface area contributed by atoms with Crippen LogP contribution in [0.1, 0.15) is 37.4 Å². The van der Waals surface area contributed by atoms with Gasteiger partial charge < -0.3 is 10.6 Å². The van der Waals surface area contributed by atoms with Crippen molar-refractivity contribution < 1.29 is 0 Å². The summed E-state index contributed by atoms with van der Waals surface area (Å²) in [6.45, 7) is 0. The molecule has 90 valence electrons. The Balaban J connectivity index is 2.31. The van der Waals surface area contributed by atoms with Crippen molar-refractivity contribution >= 4 is 0 Å². The quantitative estimate of drug-likeness (QED) is 0.819. The molecule has 1 heterocycles. The summed E-state index contributed by atoms with van der Waals surface area (Å²) in [5.74, 6) is 0. The summed E-state index contributed by atoms with van der Waals surface area (Å²) in [7, 11) is 6.14. The largest absolute Gasteiger partial charge is 0.321 e. The number of hydrogen-bond acceptors (Lipinski definition) is 4. The minimum absolute atomic E-state index is 0.00926. The molecule has 2 rings (SSSR count). The molecule has 1 unspecified atom stereocenters. The van der Waals surface area contributed by atoms with Crippen molar-refractivity contribution in [3.05, 3.63) is 11.9 Å².